The van der Waals surface area contributed by atoms with E-state index in [0.29, 0.717) is 0 Å². The van der Waals surface area contributed by atoms with E-state index in [4.69, 9.17) is 22.0 Å². The summed E-state index contributed by atoms with van der Waals surface area (Å²) in [5.41, 5.74) is -0.875. The van der Waals surface area contributed by atoms with E-state index in [-0.39, 0.29) is 34.8 Å². The Bertz CT molecular complexity index is 482. The van der Waals surface area contributed by atoms with E-state index in [1.165, 1.54) is 0 Å². The molecule has 0 spiro atoms. The van der Waals surface area contributed by atoms with E-state index in [2.05, 4.69) is 10.1 Å². The molecule has 3 N–H and O–H groups in total. The number of hydrogen-bond donors (Lipinski definition) is 3. The minimum atomic E-state index is -0.753. The summed E-state index contributed by atoms with van der Waals surface area (Å²) in [4.78, 5) is 11.2. The van der Waals surface area contributed by atoms with Crippen LogP contribution < -0.4 is 15.8 Å². The van der Waals surface area contributed by atoms with Crippen LogP contribution in [0.4, 0.5) is 17.1 Å². The topological polar surface area (TPSA) is 131 Å². The molecule has 20 heavy (non-hydrogen) atoms. The van der Waals surface area contributed by atoms with Crippen molar-refractivity contribution in [3.8, 4) is 0 Å². The van der Waals surface area contributed by atoms with Crippen molar-refractivity contribution in [2.75, 3.05) is 28.9 Å². The first-order valence-electron chi connectivity index (χ1n) is 5.42. The van der Waals surface area contributed by atoms with Crippen LogP contribution in [0.2, 0.25) is 5.02 Å². The fraction of sp³-hybridized carbons (Fsp3) is 0.300. The standard InChI is InChI=1S/C10H12ClN3O6/c1-2-20-10(15)5-12-7-3-6(11)8(13(16)17)4-9(7)14(18)19/h3-4,12,16-17H,2,5H2,1H3/q-2. The Morgan fingerprint density at radius 1 is 1.40 bits per heavy atom. The second kappa shape index (κ2) is 7.12. The van der Waals surface area contributed by atoms with Crippen molar-refractivity contribution in [3.63, 3.8) is 0 Å². The number of nitrogens with one attached hydrogen (secondary N) is 1. The maximum absolute atomic E-state index is 11.2. The quantitative estimate of drug-likeness (QED) is 0.530. The molecule has 9 nitrogen and oxygen atoms in total. The molecule has 0 heterocycles. The van der Waals surface area contributed by atoms with Gasteiger partial charge in [0.15, 0.2) is 0 Å². The van der Waals surface area contributed by atoms with Crippen molar-refractivity contribution in [3.05, 3.63) is 27.6 Å². The van der Waals surface area contributed by atoms with Crippen LogP contribution in [0.25, 0.3) is 0 Å². The third-order valence-electron chi connectivity index (χ3n) is 2.21. The lowest BCUT2D eigenvalue weighted by Crippen LogP contribution is -2.19. The Hall–Kier alpha value is -1.78. The summed E-state index contributed by atoms with van der Waals surface area (Å²) in [5, 5.41) is 40.8. The summed E-state index contributed by atoms with van der Waals surface area (Å²) in [5.74, 6) is -0.590. The molecule has 0 aliphatic carbocycles. The molecule has 0 fully saturated rings. The fourth-order valence-electron chi connectivity index (χ4n) is 1.38. The Balaban J connectivity index is 3.00. The van der Waals surface area contributed by atoms with Crippen molar-refractivity contribution in [2.45, 2.75) is 6.92 Å². The average Bonchev–Trinajstić information content (AvgIpc) is 2.35. The molecular weight excluding hydrogens is 294 g/mol. The lowest BCUT2D eigenvalue weighted by Gasteiger charge is -2.39. The molecule has 1 rings (SSSR count). The average molecular weight is 306 g/mol. The van der Waals surface area contributed by atoms with Crippen molar-refractivity contribution in [1.29, 1.82) is 0 Å². The Morgan fingerprint density at radius 3 is 2.55 bits per heavy atom. The van der Waals surface area contributed by atoms with Crippen molar-refractivity contribution in [2.24, 2.45) is 0 Å². The Labute approximate surface area is 119 Å². The summed E-state index contributed by atoms with van der Waals surface area (Å²) in [6.07, 6.45) is 0. The van der Waals surface area contributed by atoms with Crippen LogP contribution in [0, 0.1) is 10.4 Å². The molecule has 0 unspecified atom stereocenters. The van der Waals surface area contributed by atoms with Crippen LogP contribution in [0.3, 0.4) is 0 Å². The highest BCUT2D eigenvalue weighted by Crippen LogP contribution is 2.35. The van der Waals surface area contributed by atoms with Crippen LogP contribution in [0.5, 0.6) is 0 Å². The summed E-state index contributed by atoms with van der Waals surface area (Å²) < 4.78 is 4.66. The second-order valence-corrected chi connectivity index (χ2v) is 3.93. The lowest BCUT2D eigenvalue weighted by atomic mass is 10.2. The Morgan fingerprint density at radius 2 is 2.05 bits per heavy atom. The first-order valence-corrected chi connectivity index (χ1v) is 5.80. The van der Waals surface area contributed by atoms with E-state index in [0.717, 1.165) is 12.1 Å². The maximum Gasteiger partial charge on any atom is 0.325 e. The molecule has 0 bridgehead atoms. The largest absolute Gasteiger partial charge is 0.769 e. The molecule has 0 aliphatic heterocycles. The molecule has 0 aromatic heterocycles. The maximum atomic E-state index is 11.2. The van der Waals surface area contributed by atoms with Gasteiger partial charge in [0.25, 0.3) is 0 Å². The normalized spacial score (nSPS) is 10.1. The Kier molecular flexibility index (Phi) is 5.80. The van der Waals surface area contributed by atoms with E-state index in [9.17, 15) is 15.2 Å². The third kappa shape index (κ3) is 4.11. The number of carbonyl (C=O) groups excluding carboxylic acids is 1. The van der Waals surface area contributed by atoms with Crippen molar-refractivity contribution < 1.29 is 19.9 Å². The van der Waals surface area contributed by atoms with Gasteiger partial charge in [-0.25, -0.2) is 0 Å². The minimum Gasteiger partial charge on any atom is -0.769 e. The van der Waals surface area contributed by atoms with Gasteiger partial charge in [-0.15, -0.1) is 5.23 Å². The molecule has 0 radical (unpaired) electrons. The highest BCUT2D eigenvalue weighted by molar-refractivity contribution is 6.33. The van der Waals surface area contributed by atoms with Gasteiger partial charge in [-0.05, 0) is 19.1 Å². The second-order valence-electron chi connectivity index (χ2n) is 3.53. The molecule has 0 saturated heterocycles. The first kappa shape index (κ1) is 16.3. The highest BCUT2D eigenvalue weighted by atomic mass is 35.5. The van der Waals surface area contributed by atoms with E-state index < -0.39 is 16.9 Å². The van der Waals surface area contributed by atoms with Gasteiger partial charge in [-0.1, -0.05) is 11.6 Å². The van der Waals surface area contributed by atoms with Crippen LogP contribution in [0.15, 0.2) is 12.1 Å². The van der Waals surface area contributed by atoms with Crippen LogP contribution in [-0.4, -0.2) is 29.5 Å². The highest BCUT2D eigenvalue weighted by Gasteiger charge is 2.12. The van der Waals surface area contributed by atoms with Gasteiger partial charge in [0.2, 0.25) is 0 Å². The molecule has 0 atom stereocenters. The van der Waals surface area contributed by atoms with Crippen molar-refractivity contribution >= 4 is 34.6 Å². The van der Waals surface area contributed by atoms with Gasteiger partial charge < -0.3 is 25.7 Å². The first-order chi connectivity index (χ1) is 9.36. The number of hydrogen-bond acceptors (Lipinski definition) is 9. The third-order valence-corrected chi connectivity index (χ3v) is 2.51. The van der Waals surface area contributed by atoms with Gasteiger partial charge in [0, 0.05) is 5.69 Å². The zero-order valence-corrected chi connectivity index (χ0v) is 11.1. The van der Waals surface area contributed by atoms with E-state index >= 15 is 0 Å². The molecule has 1 aromatic carbocycles. The molecule has 1 aromatic rings. The number of halogens is 1. The zero-order chi connectivity index (χ0) is 15.3. The number of rotatable bonds is 6. The summed E-state index contributed by atoms with van der Waals surface area (Å²) in [6.45, 7) is 1.53. The smallest absolute Gasteiger partial charge is 0.325 e. The fourth-order valence-corrected chi connectivity index (χ4v) is 1.62. The summed E-state index contributed by atoms with van der Waals surface area (Å²) in [7, 11) is 0. The predicted octanol–water partition coefficient (Wildman–Crippen LogP) is 1.70. The van der Waals surface area contributed by atoms with Gasteiger partial charge in [-0.2, -0.15) is 0 Å². The number of carbonyl (C=O) groups is 1. The number of ether oxygens (including phenoxy) is 1. The van der Waals surface area contributed by atoms with Gasteiger partial charge in [-0.3, -0.25) is 15.2 Å². The summed E-state index contributed by atoms with van der Waals surface area (Å²) >= 11 is 5.74. The molecule has 0 amide bonds. The van der Waals surface area contributed by atoms with E-state index in [1.54, 1.807) is 6.92 Å². The molecule has 10 heteroatoms. The molecule has 112 valence electrons. The van der Waals surface area contributed by atoms with Gasteiger partial charge in [0.05, 0.1) is 17.3 Å². The zero-order valence-electron chi connectivity index (χ0n) is 10.4. The van der Waals surface area contributed by atoms with E-state index in [1.807, 2.05) is 0 Å². The number of anilines is 3. The molecule has 0 saturated carbocycles. The lowest BCUT2D eigenvalue weighted by molar-refractivity contribution is -0.140. The van der Waals surface area contributed by atoms with Crippen molar-refractivity contribution in [1.82, 2.24) is 0 Å². The number of esters is 1. The van der Waals surface area contributed by atoms with Crippen LogP contribution >= 0.6 is 11.6 Å². The summed E-state index contributed by atoms with van der Waals surface area (Å²) in [6, 6.07) is 1.96. The molecular formula is C10H12ClN3O6-2. The SMILES string of the molecule is CCOC(=O)CNc1cc(Cl)c(N(O)O)cc1N([O-])[O-]. The number of nitrogens with zero attached hydrogens (tertiary/aromatic N) is 2. The van der Waals surface area contributed by atoms with Crippen LogP contribution in [0.1, 0.15) is 6.92 Å². The monoisotopic (exact) mass is 305 g/mol. The van der Waals surface area contributed by atoms with Gasteiger partial charge in [0.1, 0.15) is 12.2 Å². The minimum absolute atomic E-state index is 0.0429. The predicted molar refractivity (Wildman–Crippen MR) is 71.8 cm³/mol. The van der Waals surface area contributed by atoms with Crippen LogP contribution in [-0.2, 0) is 9.53 Å². The number of benzene rings is 1. The van der Waals surface area contributed by atoms with Gasteiger partial charge >= 0.3 is 5.97 Å². The molecule has 0 aliphatic rings.